The van der Waals surface area contributed by atoms with Crippen LogP contribution < -0.4 is 0 Å². The van der Waals surface area contributed by atoms with Crippen molar-refractivity contribution in [1.82, 2.24) is 0 Å². The minimum Gasteiger partial charge on any atom is 0 e. The van der Waals surface area contributed by atoms with Crippen LogP contribution >= 0.6 is 0 Å². The van der Waals surface area contributed by atoms with Gasteiger partial charge in [-0.25, -0.2) is 0 Å². The van der Waals surface area contributed by atoms with Gasteiger partial charge in [0.2, 0.25) is 0 Å². The molecule has 0 fully saturated rings. The molecule has 12 valence electrons. The summed E-state index contributed by atoms with van der Waals surface area (Å²) in [6.45, 7) is 0. The maximum atomic E-state index is 0. The minimum atomic E-state index is 0. The van der Waals surface area contributed by atoms with Gasteiger partial charge in [-0.15, -0.1) is 0 Å². The van der Waals surface area contributed by atoms with E-state index in [2.05, 4.69) is 0 Å². The molecule has 0 aromatic heterocycles. The van der Waals surface area contributed by atoms with Gasteiger partial charge in [-0.1, -0.05) is 0 Å². The molecule has 0 atom stereocenters. The maximum absolute atomic E-state index is 0. The van der Waals surface area contributed by atoms with Crippen LogP contribution in [0.3, 0.4) is 0 Å². The third-order valence-electron chi connectivity index (χ3n) is 0. The van der Waals surface area contributed by atoms with Crippen LogP contribution in [-0.4, -0.2) is 88.8 Å². The van der Waals surface area contributed by atoms with Crippen molar-refractivity contribution in [3.05, 3.63) is 0 Å². The first-order valence-corrected chi connectivity index (χ1v) is 0. The fourth-order valence-corrected chi connectivity index (χ4v) is 0. The molecule has 0 aliphatic heterocycles. The predicted molar refractivity (Wildman–Crippen MR) is 23.0 cm³/mol. The summed E-state index contributed by atoms with van der Waals surface area (Å²) in [5.74, 6) is 0. The van der Waals surface area contributed by atoms with E-state index in [-0.39, 0.29) is 88.8 Å². The van der Waals surface area contributed by atoms with Crippen molar-refractivity contribution in [2.75, 3.05) is 0 Å². The normalized spacial score (nSPS) is 0. The van der Waals surface area contributed by atoms with E-state index in [0.29, 0.717) is 0 Å². The summed E-state index contributed by atoms with van der Waals surface area (Å²) in [4.78, 5) is 0. The summed E-state index contributed by atoms with van der Waals surface area (Å²) >= 11 is 0. The predicted octanol–water partition coefficient (Wildman–Crippen LogP) is -1.52. The molecule has 0 saturated carbocycles. The molecule has 4 heavy (non-hydrogen) atoms. The van der Waals surface area contributed by atoms with Gasteiger partial charge in [-0.3, -0.25) is 0 Å². The van der Waals surface area contributed by atoms with Crippen molar-refractivity contribution in [2.24, 2.45) is 0 Å². The second-order valence-corrected chi connectivity index (χ2v) is 0. The quantitative estimate of drug-likeness (QED) is 0.474. The van der Waals surface area contributed by atoms with Gasteiger partial charge < -0.3 is 0 Å². The van der Waals surface area contributed by atoms with E-state index >= 15 is 0 Å². The average Bonchev–Trinajstić information content (AvgIpc) is 0. The molecule has 0 aliphatic rings. The van der Waals surface area contributed by atoms with Gasteiger partial charge in [-0.05, 0) is 0 Å². The van der Waals surface area contributed by atoms with E-state index in [1.165, 1.54) is 0 Å². The molecular formula is AlGaIn2. The first kappa shape index (κ1) is 28.5. The third kappa shape index (κ3) is 8.86. The van der Waals surface area contributed by atoms with Crippen LogP contribution in [-0.2, 0) is 0 Å². The van der Waals surface area contributed by atoms with E-state index in [1.54, 1.807) is 0 Å². The van der Waals surface area contributed by atoms with Gasteiger partial charge in [0.25, 0.3) is 0 Å². The smallest absolute Gasteiger partial charge is 0 e. The maximum Gasteiger partial charge on any atom is 0 e. The molecule has 0 rings (SSSR count). The van der Waals surface area contributed by atoms with Gasteiger partial charge in [0, 0.05) is 88.8 Å². The summed E-state index contributed by atoms with van der Waals surface area (Å²) in [6, 6.07) is 0. The van der Waals surface area contributed by atoms with Crippen LogP contribution in [0.4, 0.5) is 0 Å². The Morgan fingerprint density at radius 3 is 0.750 bits per heavy atom. The van der Waals surface area contributed by atoms with Crippen LogP contribution in [0, 0.1) is 0 Å². The first-order valence-electron chi connectivity index (χ1n) is 0. The molecule has 0 saturated heterocycles. The van der Waals surface area contributed by atoms with Crippen molar-refractivity contribution < 1.29 is 0 Å². The molecule has 0 aliphatic carbocycles. The summed E-state index contributed by atoms with van der Waals surface area (Å²) < 4.78 is 0. The Bertz CT molecular complexity index is 6.00. The van der Waals surface area contributed by atoms with Crippen molar-refractivity contribution in [3.8, 4) is 0 Å². The average molecular weight is 326 g/mol. The molecular weight excluding hydrogens is 326 g/mol. The van der Waals surface area contributed by atoms with E-state index in [0.717, 1.165) is 0 Å². The number of hydrogen-bond donors (Lipinski definition) is 0. The molecule has 0 nitrogen and oxygen atoms in total. The van der Waals surface area contributed by atoms with Crippen LogP contribution in [0.5, 0.6) is 0 Å². The Morgan fingerprint density at radius 1 is 0.750 bits per heavy atom. The van der Waals surface area contributed by atoms with Crippen molar-refractivity contribution in [3.63, 3.8) is 0 Å². The van der Waals surface area contributed by atoms with E-state index in [4.69, 9.17) is 0 Å². The second-order valence-electron chi connectivity index (χ2n) is 0. The summed E-state index contributed by atoms with van der Waals surface area (Å²) in [6.07, 6.45) is 0. The number of hydrogen-bond acceptors (Lipinski definition) is 0. The van der Waals surface area contributed by atoms with Crippen molar-refractivity contribution in [1.29, 1.82) is 0 Å². The minimum absolute atomic E-state index is 0. The zero-order valence-corrected chi connectivity index (χ0v) is 12.5. The Hall–Kier alpha value is 2.91. The zero-order chi connectivity index (χ0) is 0. The molecule has 0 aromatic carbocycles. The Balaban J connectivity index is 0. The molecule has 0 heterocycles. The van der Waals surface area contributed by atoms with Gasteiger partial charge in [0.05, 0.1) is 0 Å². The largest absolute Gasteiger partial charge is 0 e. The van der Waals surface area contributed by atoms with Crippen LogP contribution in [0.25, 0.3) is 0 Å². The molecule has 0 aromatic rings. The molecule has 4 heteroatoms. The van der Waals surface area contributed by atoms with Crippen LogP contribution in [0.1, 0.15) is 0 Å². The van der Waals surface area contributed by atoms with Gasteiger partial charge in [0.1, 0.15) is 0 Å². The van der Waals surface area contributed by atoms with E-state index < -0.39 is 0 Å². The summed E-state index contributed by atoms with van der Waals surface area (Å²) in [5, 5.41) is 0. The Morgan fingerprint density at radius 2 is 0.750 bits per heavy atom. The molecule has 0 spiro atoms. The molecule has 0 unspecified atom stereocenters. The molecule has 0 N–H and O–H groups in total. The van der Waals surface area contributed by atoms with E-state index in [9.17, 15) is 0 Å². The van der Waals surface area contributed by atoms with Crippen LogP contribution in [0.2, 0.25) is 0 Å². The van der Waals surface area contributed by atoms with Gasteiger partial charge >= 0.3 is 0 Å². The first-order chi connectivity index (χ1) is 0. The van der Waals surface area contributed by atoms with Gasteiger partial charge in [0.15, 0.2) is 0 Å². The third-order valence-corrected chi connectivity index (χ3v) is 0. The van der Waals surface area contributed by atoms with Crippen LogP contribution in [0.15, 0.2) is 0 Å². The molecule has 0 bridgehead atoms. The number of rotatable bonds is 0. The molecule has 12 radical (unpaired) electrons. The zero-order valence-electron chi connectivity index (χ0n) is 2.31. The second kappa shape index (κ2) is 16.8. The van der Waals surface area contributed by atoms with Crippen molar-refractivity contribution >= 4 is 88.8 Å². The monoisotopic (exact) mass is 326 g/mol. The summed E-state index contributed by atoms with van der Waals surface area (Å²) in [7, 11) is 0. The topological polar surface area (TPSA) is 0 Å². The SMILES string of the molecule is [Al].[Ga].[In].[In]. The Kier molecular flexibility index (Phi) is 120. The fourth-order valence-electron chi connectivity index (χ4n) is 0. The summed E-state index contributed by atoms with van der Waals surface area (Å²) in [5.41, 5.74) is 0. The standard InChI is InChI=1S/Al.Ga.2In. The fraction of sp³-hybridized carbons (Fsp3) is 0. The van der Waals surface area contributed by atoms with E-state index in [1.807, 2.05) is 0 Å². The van der Waals surface area contributed by atoms with Gasteiger partial charge in [-0.2, -0.15) is 0 Å². The molecule has 0 amide bonds. The Labute approximate surface area is 87.2 Å². The van der Waals surface area contributed by atoms with Crippen molar-refractivity contribution in [2.45, 2.75) is 0 Å².